The molecule has 2 N–H and O–H groups in total. The average molecular weight is 439 g/mol. The van der Waals surface area contributed by atoms with Crippen molar-refractivity contribution in [1.29, 1.82) is 0 Å². The number of hydroxylamine groups is 2. The minimum Gasteiger partial charge on any atom is -0.481 e. The summed E-state index contributed by atoms with van der Waals surface area (Å²) < 4.78 is 1.75. The third-order valence-corrected chi connectivity index (χ3v) is 7.78. The van der Waals surface area contributed by atoms with Crippen LogP contribution in [0.3, 0.4) is 0 Å². The molecule has 2 fully saturated rings. The second-order valence-electron chi connectivity index (χ2n) is 8.64. The number of carboxylic acid groups (broad SMARTS) is 1. The van der Waals surface area contributed by atoms with Crippen LogP contribution in [0.5, 0.6) is 0 Å². The molecule has 2 aliphatic rings. The molecule has 3 heterocycles. The number of hydrogen-bond acceptors (Lipinski definition) is 6. The van der Waals surface area contributed by atoms with Crippen molar-refractivity contribution in [3.63, 3.8) is 0 Å². The van der Waals surface area contributed by atoms with Crippen molar-refractivity contribution in [2.75, 3.05) is 13.1 Å². The summed E-state index contributed by atoms with van der Waals surface area (Å²) >= 11 is 1.54. The van der Waals surface area contributed by atoms with E-state index >= 15 is 0 Å². The van der Waals surface area contributed by atoms with Gasteiger partial charge in [-0.2, -0.15) is 5.06 Å². The average Bonchev–Trinajstić information content (AvgIpc) is 3.00. The molecule has 7 heteroatoms. The summed E-state index contributed by atoms with van der Waals surface area (Å²) in [6.07, 6.45) is 5.37. The molecule has 2 aliphatic heterocycles. The number of fused-ring (bicyclic) bond motifs is 3. The molecular weight excluding hydrogens is 412 g/mol. The predicted molar refractivity (Wildman–Crippen MR) is 122 cm³/mol. The zero-order valence-electron chi connectivity index (χ0n) is 17.3. The van der Waals surface area contributed by atoms with Crippen molar-refractivity contribution < 1.29 is 15.1 Å². The van der Waals surface area contributed by atoms with Crippen molar-refractivity contribution in [3.05, 3.63) is 57.7 Å². The molecule has 0 radical (unpaired) electrons. The van der Waals surface area contributed by atoms with Crippen molar-refractivity contribution in [2.24, 2.45) is 0 Å². The van der Waals surface area contributed by atoms with Crippen LogP contribution in [-0.4, -0.2) is 45.5 Å². The summed E-state index contributed by atoms with van der Waals surface area (Å²) in [5, 5.41) is 22.8. The Hall–Kier alpha value is -2.32. The van der Waals surface area contributed by atoms with Gasteiger partial charge in [0.05, 0.1) is 18.6 Å². The van der Waals surface area contributed by atoms with Gasteiger partial charge in [0.25, 0.3) is 0 Å². The quantitative estimate of drug-likeness (QED) is 0.591. The van der Waals surface area contributed by atoms with Gasteiger partial charge in [0.1, 0.15) is 0 Å². The summed E-state index contributed by atoms with van der Waals surface area (Å²) in [5.74, 6) is -0.908. The highest BCUT2D eigenvalue weighted by Crippen LogP contribution is 2.36. The number of rotatable bonds is 3. The zero-order chi connectivity index (χ0) is 21.5. The molecule has 3 aromatic rings. The smallest absolute Gasteiger partial charge is 0.307 e. The first kappa shape index (κ1) is 20.6. The van der Waals surface area contributed by atoms with E-state index in [0.29, 0.717) is 16.3 Å². The van der Waals surface area contributed by atoms with Gasteiger partial charge in [-0.25, -0.2) is 0 Å². The van der Waals surface area contributed by atoms with Crippen LogP contribution in [0.1, 0.15) is 49.3 Å². The Kier molecular flexibility index (Phi) is 5.52. The van der Waals surface area contributed by atoms with Gasteiger partial charge in [0.2, 0.25) is 0 Å². The lowest BCUT2D eigenvalue weighted by Gasteiger charge is -2.44. The van der Waals surface area contributed by atoms with Crippen molar-refractivity contribution in [3.8, 4) is 0 Å². The Bertz CT molecular complexity index is 1210. The Morgan fingerprint density at radius 1 is 1.00 bits per heavy atom. The van der Waals surface area contributed by atoms with Crippen LogP contribution in [0, 0.1) is 0 Å². The van der Waals surface area contributed by atoms with E-state index in [9.17, 15) is 14.8 Å². The summed E-state index contributed by atoms with van der Waals surface area (Å²) in [7, 11) is 0. The lowest BCUT2D eigenvalue weighted by atomic mass is 9.98. The van der Waals surface area contributed by atoms with E-state index in [-0.39, 0.29) is 24.1 Å². The van der Waals surface area contributed by atoms with E-state index in [1.54, 1.807) is 23.5 Å². The van der Waals surface area contributed by atoms with Crippen LogP contribution in [0.25, 0.3) is 20.2 Å². The molecule has 2 unspecified atom stereocenters. The Morgan fingerprint density at radius 2 is 1.87 bits per heavy atom. The molecule has 0 bridgehead atoms. The van der Waals surface area contributed by atoms with Gasteiger partial charge < -0.3 is 10.3 Å². The Balaban J connectivity index is 1.52. The number of nitrogens with zero attached hydrogens (tertiary/aromatic N) is 2. The van der Waals surface area contributed by atoms with Gasteiger partial charge in [-0.3, -0.25) is 14.5 Å². The maximum atomic E-state index is 13.1. The van der Waals surface area contributed by atoms with Gasteiger partial charge in [-0.15, -0.1) is 11.3 Å². The van der Waals surface area contributed by atoms with Crippen LogP contribution in [0.15, 0.2) is 41.2 Å². The van der Waals surface area contributed by atoms with Crippen LogP contribution >= 0.6 is 11.3 Å². The molecular formula is C24H26N2O4S. The maximum absolute atomic E-state index is 13.1. The van der Waals surface area contributed by atoms with Gasteiger partial charge >= 0.3 is 5.97 Å². The minimum atomic E-state index is -0.908. The van der Waals surface area contributed by atoms with Crippen LogP contribution in [0.2, 0.25) is 0 Å². The highest BCUT2D eigenvalue weighted by molar-refractivity contribution is 7.24. The molecule has 2 aromatic carbocycles. The van der Waals surface area contributed by atoms with E-state index in [1.807, 2.05) is 24.3 Å². The molecule has 2 saturated heterocycles. The van der Waals surface area contributed by atoms with Crippen molar-refractivity contribution >= 4 is 37.5 Å². The topological polar surface area (TPSA) is 81.1 Å². The largest absolute Gasteiger partial charge is 0.481 e. The van der Waals surface area contributed by atoms with E-state index in [1.165, 1.54) is 17.9 Å². The second-order valence-corrected chi connectivity index (χ2v) is 9.72. The zero-order valence-corrected chi connectivity index (χ0v) is 18.1. The standard InChI is InChI=1S/C24H26N2O4S/c27-23(28)13-15-5-8-20-18(12-15)24(29)17-7-6-16(14-21(17)31-20)19-9-11-25-10-3-1-2-4-22(25)26(19)30/h5-8,12,14,19,22,30H,1-4,9-11,13H2,(H,27,28). The van der Waals surface area contributed by atoms with E-state index in [2.05, 4.69) is 4.90 Å². The lowest BCUT2D eigenvalue weighted by molar-refractivity contribution is -0.225. The van der Waals surface area contributed by atoms with Crippen molar-refractivity contribution in [1.82, 2.24) is 9.96 Å². The van der Waals surface area contributed by atoms with Gasteiger partial charge in [-0.1, -0.05) is 25.0 Å². The van der Waals surface area contributed by atoms with E-state index < -0.39 is 5.97 Å². The van der Waals surface area contributed by atoms with Gasteiger partial charge in [0.15, 0.2) is 5.43 Å². The fourth-order valence-corrected chi connectivity index (χ4v) is 6.17. The molecule has 31 heavy (non-hydrogen) atoms. The number of carbonyl (C=O) groups is 1. The van der Waals surface area contributed by atoms with Crippen LogP contribution in [-0.2, 0) is 11.2 Å². The first-order valence-electron chi connectivity index (χ1n) is 10.9. The molecule has 0 saturated carbocycles. The summed E-state index contributed by atoms with van der Waals surface area (Å²) in [6.45, 7) is 2.02. The van der Waals surface area contributed by atoms with Crippen LogP contribution < -0.4 is 5.43 Å². The van der Waals surface area contributed by atoms with Gasteiger partial charge in [-0.05, 0) is 61.2 Å². The molecule has 6 nitrogen and oxygen atoms in total. The summed E-state index contributed by atoms with van der Waals surface area (Å²) in [4.78, 5) is 26.5. The fourth-order valence-electron chi connectivity index (χ4n) is 5.07. The normalized spacial score (nSPS) is 23.0. The highest BCUT2D eigenvalue weighted by atomic mass is 32.1. The van der Waals surface area contributed by atoms with Gasteiger partial charge in [0, 0.05) is 26.7 Å². The third-order valence-electron chi connectivity index (χ3n) is 6.64. The second kappa shape index (κ2) is 8.31. The number of hydrogen-bond donors (Lipinski definition) is 2. The predicted octanol–water partition coefficient (Wildman–Crippen LogP) is 4.38. The molecule has 0 spiro atoms. The first-order valence-corrected chi connectivity index (χ1v) is 11.8. The lowest BCUT2D eigenvalue weighted by Crippen LogP contribution is -2.53. The monoisotopic (exact) mass is 438 g/mol. The SMILES string of the molecule is O=C(O)Cc1ccc2sc3cc(C4CCN5CCCCCC5N4O)ccc3c(=O)c2c1. The van der Waals surface area contributed by atoms with Crippen LogP contribution in [0.4, 0.5) is 0 Å². The molecule has 1 aromatic heterocycles. The van der Waals surface area contributed by atoms with E-state index in [0.717, 1.165) is 47.3 Å². The molecule has 0 aliphatic carbocycles. The molecule has 5 rings (SSSR count). The van der Waals surface area contributed by atoms with E-state index in [4.69, 9.17) is 5.11 Å². The molecule has 2 atom stereocenters. The number of carboxylic acids is 1. The summed E-state index contributed by atoms with van der Waals surface area (Å²) in [6, 6.07) is 11.1. The number of aliphatic carboxylic acids is 1. The maximum Gasteiger partial charge on any atom is 0.307 e. The summed E-state index contributed by atoms with van der Waals surface area (Å²) in [5.41, 5.74) is 1.60. The third kappa shape index (κ3) is 3.87. The highest BCUT2D eigenvalue weighted by Gasteiger charge is 2.36. The first-order chi connectivity index (χ1) is 15.0. The Morgan fingerprint density at radius 3 is 2.71 bits per heavy atom. The molecule has 162 valence electrons. The minimum absolute atomic E-state index is 0.0676. The Labute approximate surface area is 184 Å². The van der Waals surface area contributed by atoms with Crippen molar-refractivity contribution in [2.45, 2.75) is 50.7 Å². The number of benzene rings is 2. The fraction of sp³-hybridized carbons (Fsp3) is 0.417. The molecule has 0 amide bonds.